The molecule has 2 rings (SSSR count). The number of nitrogens with two attached hydrogens (primary N) is 1. The highest BCUT2D eigenvalue weighted by Gasteiger charge is 2.26. The van der Waals surface area contributed by atoms with Crippen molar-refractivity contribution in [2.24, 2.45) is 17.6 Å². The molecule has 110 valence electrons. The van der Waals surface area contributed by atoms with Gasteiger partial charge in [-0.1, -0.05) is 0 Å². The van der Waals surface area contributed by atoms with Gasteiger partial charge >= 0.3 is 0 Å². The predicted octanol–water partition coefficient (Wildman–Crippen LogP) is 2.81. The van der Waals surface area contributed by atoms with Crippen LogP contribution >= 0.6 is 0 Å². The van der Waals surface area contributed by atoms with E-state index in [2.05, 4.69) is 5.32 Å². The summed E-state index contributed by atoms with van der Waals surface area (Å²) >= 11 is 0. The lowest BCUT2D eigenvalue weighted by atomic mass is 9.81. The molecule has 0 aromatic heterocycles. The van der Waals surface area contributed by atoms with Crippen LogP contribution in [0.2, 0.25) is 0 Å². The van der Waals surface area contributed by atoms with E-state index in [-0.39, 0.29) is 17.5 Å². The Morgan fingerprint density at radius 1 is 1.15 bits per heavy atom. The molecule has 0 atom stereocenters. The van der Waals surface area contributed by atoms with E-state index in [0.29, 0.717) is 25.3 Å². The highest BCUT2D eigenvalue weighted by atomic mass is 19.2. The molecule has 0 heterocycles. The van der Waals surface area contributed by atoms with Crippen molar-refractivity contribution in [3.63, 3.8) is 0 Å². The van der Waals surface area contributed by atoms with Crippen molar-refractivity contribution >= 4 is 11.6 Å². The smallest absolute Gasteiger partial charge is 0.227 e. The highest BCUT2D eigenvalue weighted by molar-refractivity contribution is 5.92. The second-order valence-electron chi connectivity index (χ2n) is 5.17. The molecule has 0 spiro atoms. The molecular formula is C14H17F3N2O. The number of nitrogens with one attached hydrogen (secondary N) is 1. The SMILES string of the molecule is NCC1CCC(C(=O)Nc2ccc(F)c(F)c2F)CC1. The summed E-state index contributed by atoms with van der Waals surface area (Å²) < 4.78 is 39.3. The quantitative estimate of drug-likeness (QED) is 0.839. The zero-order chi connectivity index (χ0) is 14.7. The molecule has 1 aliphatic rings. The Hall–Kier alpha value is -1.56. The summed E-state index contributed by atoms with van der Waals surface area (Å²) in [6.45, 7) is 0.603. The van der Waals surface area contributed by atoms with Crippen LogP contribution in [0, 0.1) is 29.3 Å². The topological polar surface area (TPSA) is 55.1 Å². The average molecular weight is 286 g/mol. The molecule has 0 saturated heterocycles. The first kappa shape index (κ1) is 14.8. The summed E-state index contributed by atoms with van der Waals surface area (Å²) in [4.78, 5) is 12.0. The summed E-state index contributed by atoms with van der Waals surface area (Å²) in [5.74, 6) is -4.37. The fourth-order valence-corrected chi connectivity index (χ4v) is 2.52. The van der Waals surface area contributed by atoms with Crippen LogP contribution in [0.3, 0.4) is 0 Å². The van der Waals surface area contributed by atoms with Crippen LogP contribution in [-0.2, 0) is 4.79 Å². The van der Waals surface area contributed by atoms with E-state index >= 15 is 0 Å². The van der Waals surface area contributed by atoms with Crippen LogP contribution in [0.25, 0.3) is 0 Å². The number of carbonyl (C=O) groups excluding carboxylic acids is 1. The molecular weight excluding hydrogens is 269 g/mol. The first-order valence-corrected chi connectivity index (χ1v) is 6.67. The van der Waals surface area contributed by atoms with E-state index in [1.54, 1.807) is 0 Å². The Bertz CT molecular complexity index is 499. The van der Waals surface area contributed by atoms with Crippen molar-refractivity contribution in [1.29, 1.82) is 0 Å². The minimum atomic E-state index is -1.57. The van der Waals surface area contributed by atoms with Crippen molar-refractivity contribution in [2.75, 3.05) is 11.9 Å². The van der Waals surface area contributed by atoms with E-state index in [4.69, 9.17) is 5.73 Å². The minimum Gasteiger partial charge on any atom is -0.330 e. The van der Waals surface area contributed by atoms with Gasteiger partial charge in [-0.2, -0.15) is 0 Å². The number of hydrogen-bond acceptors (Lipinski definition) is 2. The van der Waals surface area contributed by atoms with E-state index < -0.39 is 17.5 Å². The van der Waals surface area contributed by atoms with Gasteiger partial charge in [-0.25, -0.2) is 13.2 Å². The maximum absolute atomic E-state index is 13.5. The summed E-state index contributed by atoms with van der Waals surface area (Å²) in [5.41, 5.74) is 5.25. The summed E-state index contributed by atoms with van der Waals surface area (Å²) in [6, 6.07) is 1.82. The van der Waals surface area contributed by atoms with Gasteiger partial charge in [0, 0.05) is 5.92 Å². The van der Waals surface area contributed by atoms with Crippen molar-refractivity contribution in [3.8, 4) is 0 Å². The largest absolute Gasteiger partial charge is 0.330 e. The maximum Gasteiger partial charge on any atom is 0.227 e. The Morgan fingerprint density at radius 3 is 2.40 bits per heavy atom. The Morgan fingerprint density at radius 2 is 1.80 bits per heavy atom. The van der Waals surface area contributed by atoms with Gasteiger partial charge in [0.2, 0.25) is 5.91 Å². The zero-order valence-corrected chi connectivity index (χ0v) is 11.0. The minimum absolute atomic E-state index is 0.231. The van der Waals surface area contributed by atoms with Crippen molar-refractivity contribution < 1.29 is 18.0 Å². The third-order valence-electron chi connectivity index (χ3n) is 3.84. The molecule has 1 aromatic rings. The van der Waals surface area contributed by atoms with Crippen molar-refractivity contribution in [2.45, 2.75) is 25.7 Å². The number of hydrogen-bond donors (Lipinski definition) is 2. The number of benzene rings is 1. The lowest BCUT2D eigenvalue weighted by Crippen LogP contribution is -2.29. The number of carbonyl (C=O) groups is 1. The normalized spacial score (nSPS) is 22.6. The molecule has 0 unspecified atom stereocenters. The maximum atomic E-state index is 13.5. The van der Waals surface area contributed by atoms with Crippen LogP contribution < -0.4 is 11.1 Å². The fraction of sp³-hybridized carbons (Fsp3) is 0.500. The van der Waals surface area contributed by atoms with Gasteiger partial charge in [0.05, 0.1) is 5.69 Å². The number of rotatable bonds is 3. The van der Waals surface area contributed by atoms with E-state index in [1.165, 1.54) is 0 Å². The summed E-state index contributed by atoms with van der Waals surface area (Å²) in [5, 5.41) is 2.33. The van der Waals surface area contributed by atoms with E-state index in [0.717, 1.165) is 25.0 Å². The highest BCUT2D eigenvalue weighted by Crippen LogP contribution is 2.29. The standard InChI is InChI=1S/C14H17F3N2O/c15-10-5-6-11(13(17)12(10)16)19-14(20)9-3-1-8(7-18)2-4-9/h5-6,8-9H,1-4,7,18H2,(H,19,20). The van der Waals surface area contributed by atoms with Gasteiger partial charge < -0.3 is 11.1 Å². The van der Waals surface area contributed by atoms with Gasteiger partial charge in [-0.15, -0.1) is 0 Å². The molecule has 1 aromatic carbocycles. The van der Waals surface area contributed by atoms with E-state index in [9.17, 15) is 18.0 Å². The van der Waals surface area contributed by atoms with Gasteiger partial charge in [-0.05, 0) is 50.3 Å². The summed E-state index contributed by atoms with van der Waals surface area (Å²) in [6.07, 6.45) is 3.07. The fourth-order valence-electron chi connectivity index (χ4n) is 2.52. The van der Waals surface area contributed by atoms with Gasteiger partial charge in [0.25, 0.3) is 0 Å². The molecule has 1 fully saturated rings. The second-order valence-corrected chi connectivity index (χ2v) is 5.17. The first-order chi connectivity index (χ1) is 9.52. The van der Waals surface area contributed by atoms with Crippen molar-refractivity contribution in [3.05, 3.63) is 29.6 Å². The van der Waals surface area contributed by atoms with Gasteiger partial charge in [-0.3, -0.25) is 4.79 Å². The van der Waals surface area contributed by atoms with Crippen LogP contribution in [0.4, 0.5) is 18.9 Å². The molecule has 3 N–H and O–H groups in total. The lowest BCUT2D eigenvalue weighted by molar-refractivity contribution is -0.121. The molecule has 1 aliphatic carbocycles. The van der Waals surface area contributed by atoms with Gasteiger partial charge in [0.15, 0.2) is 17.5 Å². The third kappa shape index (κ3) is 3.12. The van der Waals surface area contributed by atoms with Crippen LogP contribution in [0.1, 0.15) is 25.7 Å². The van der Waals surface area contributed by atoms with E-state index in [1.807, 2.05) is 0 Å². The molecule has 0 aliphatic heterocycles. The monoisotopic (exact) mass is 286 g/mol. The lowest BCUT2D eigenvalue weighted by Gasteiger charge is -2.26. The number of amides is 1. The van der Waals surface area contributed by atoms with Gasteiger partial charge in [0.1, 0.15) is 0 Å². The number of anilines is 1. The Labute approximate surface area is 115 Å². The molecule has 3 nitrogen and oxygen atoms in total. The Kier molecular flexibility index (Phi) is 4.65. The second kappa shape index (κ2) is 6.26. The van der Waals surface area contributed by atoms with Crippen LogP contribution in [0.5, 0.6) is 0 Å². The average Bonchev–Trinajstić information content (AvgIpc) is 2.48. The molecule has 0 bridgehead atoms. The van der Waals surface area contributed by atoms with Crippen LogP contribution in [-0.4, -0.2) is 12.5 Å². The molecule has 0 radical (unpaired) electrons. The zero-order valence-electron chi connectivity index (χ0n) is 11.0. The summed E-state index contributed by atoms with van der Waals surface area (Å²) in [7, 11) is 0. The third-order valence-corrected chi connectivity index (χ3v) is 3.84. The molecule has 20 heavy (non-hydrogen) atoms. The molecule has 1 saturated carbocycles. The van der Waals surface area contributed by atoms with Crippen molar-refractivity contribution in [1.82, 2.24) is 0 Å². The molecule has 6 heteroatoms. The number of halogens is 3. The Balaban J connectivity index is 2.00. The predicted molar refractivity (Wildman–Crippen MR) is 69.4 cm³/mol. The first-order valence-electron chi connectivity index (χ1n) is 6.67. The van der Waals surface area contributed by atoms with Crippen LogP contribution in [0.15, 0.2) is 12.1 Å². The molecule has 1 amide bonds.